The number of nitrogens with one attached hydrogen (secondary N) is 1. The van der Waals surface area contributed by atoms with Crippen LogP contribution < -0.4 is 10.9 Å². The van der Waals surface area contributed by atoms with Gasteiger partial charge in [-0.15, -0.1) is 0 Å². The van der Waals surface area contributed by atoms with Crippen LogP contribution in [0.2, 0.25) is 0 Å². The summed E-state index contributed by atoms with van der Waals surface area (Å²) in [5.41, 5.74) is -0.145. The van der Waals surface area contributed by atoms with E-state index < -0.39 is 17.1 Å². The Morgan fingerprint density at radius 2 is 2.00 bits per heavy atom. The van der Waals surface area contributed by atoms with E-state index in [0.29, 0.717) is 24.2 Å². The second-order valence-corrected chi connectivity index (χ2v) is 7.17. The first kappa shape index (κ1) is 21.8. The topological polar surface area (TPSA) is 117 Å². The van der Waals surface area contributed by atoms with Gasteiger partial charge in [0, 0.05) is 26.3 Å². The second-order valence-electron chi connectivity index (χ2n) is 7.17. The lowest BCUT2D eigenvalue weighted by atomic mass is 10.1. The molecular weight excluding hydrogens is 398 g/mol. The molecule has 0 saturated heterocycles. The minimum Gasteiger partial charge on any atom is -0.506 e. The maximum absolute atomic E-state index is 12.7. The molecule has 0 atom stereocenters. The van der Waals surface area contributed by atoms with E-state index in [1.807, 2.05) is 19.0 Å². The molecule has 0 spiro atoms. The highest BCUT2D eigenvalue weighted by atomic mass is 16.3. The number of allylic oxidation sites excluding steroid dienone is 1. The average molecular weight is 421 g/mol. The Hall–Kier alpha value is -3.85. The van der Waals surface area contributed by atoms with Gasteiger partial charge in [-0.05, 0) is 50.5 Å². The minimum absolute atomic E-state index is 0.212. The van der Waals surface area contributed by atoms with Crippen molar-refractivity contribution >= 4 is 28.8 Å². The minimum atomic E-state index is -0.675. The van der Waals surface area contributed by atoms with Gasteiger partial charge in [0.2, 0.25) is 0 Å². The molecule has 0 fully saturated rings. The molecule has 0 radical (unpaired) electrons. The molecule has 1 amide bonds. The van der Waals surface area contributed by atoms with Crippen LogP contribution in [0.5, 0.6) is 5.75 Å². The van der Waals surface area contributed by atoms with Gasteiger partial charge in [-0.2, -0.15) is 0 Å². The quantitative estimate of drug-likeness (QED) is 0.435. The number of aromatic nitrogens is 3. The van der Waals surface area contributed by atoms with Crippen molar-refractivity contribution in [3.63, 3.8) is 0 Å². The highest BCUT2D eigenvalue weighted by molar-refractivity contribution is 6.10. The van der Waals surface area contributed by atoms with E-state index in [9.17, 15) is 19.5 Å². The van der Waals surface area contributed by atoms with E-state index in [0.717, 1.165) is 6.08 Å². The lowest BCUT2D eigenvalue weighted by Gasteiger charge is -2.10. The molecule has 0 bridgehead atoms. The summed E-state index contributed by atoms with van der Waals surface area (Å²) < 4.78 is 1.22. The van der Waals surface area contributed by atoms with Gasteiger partial charge in [-0.25, -0.2) is 9.97 Å². The second kappa shape index (κ2) is 9.31. The van der Waals surface area contributed by atoms with Crippen molar-refractivity contribution in [2.75, 3.05) is 27.2 Å². The number of aryl methyl sites for hydroxylation is 1. The van der Waals surface area contributed by atoms with E-state index in [1.165, 1.54) is 23.9 Å². The molecule has 0 unspecified atom stereocenters. The Bertz CT molecular complexity index is 1230. The third kappa shape index (κ3) is 4.84. The van der Waals surface area contributed by atoms with Gasteiger partial charge in [0.25, 0.3) is 11.5 Å². The number of carbonyl (C=O) groups is 2. The van der Waals surface area contributed by atoms with Crippen LogP contribution in [0.1, 0.15) is 26.5 Å². The molecule has 0 aromatic carbocycles. The molecular formula is C22H23N5O4. The molecule has 9 nitrogen and oxygen atoms in total. The largest absolute Gasteiger partial charge is 0.506 e. The Morgan fingerprint density at radius 3 is 2.74 bits per heavy atom. The van der Waals surface area contributed by atoms with Crippen LogP contribution in [0.4, 0.5) is 0 Å². The molecule has 3 heterocycles. The van der Waals surface area contributed by atoms with E-state index >= 15 is 0 Å². The summed E-state index contributed by atoms with van der Waals surface area (Å²) >= 11 is 0. The number of carbonyl (C=O) groups excluding carboxylic acids is 2. The molecule has 2 N–H and O–H groups in total. The van der Waals surface area contributed by atoms with Gasteiger partial charge in [0.05, 0.1) is 11.1 Å². The monoisotopic (exact) mass is 421 g/mol. The predicted molar refractivity (Wildman–Crippen MR) is 117 cm³/mol. The molecule has 0 saturated carbocycles. The van der Waals surface area contributed by atoms with Crippen molar-refractivity contribution in [3.05, 3.63) is 69.9 Å². The number of pyridine rings is 3. The normalized spacial score (nSPS) is 11.4. The van der Waals surface area contributed by atoms with E-state index in [4.69, 9.17) is 0 Å². The lowest BCUT2D eigenvalue weighted by molar-refractivity contribution is 0.0945. The first-order valence-electron chi connectivity index (χ1n) is 9.58. The lowest BCUT2D eigenvalue weighted by Crippen LogP contribution is -2.31. The number of nitrogens with zero attached hydrogens (tertiary/aromatic N) is 4. The van der Waals surface area contributed by atoms with Crippen LogP contribution in [0.25, 0.3) is 17.1 Å². The smallest absolute Gasteiger partial charge is 0.269 e. The van der Waals surface area contributed by atoms with Crippen molar-refractivity contribution in [1.82, 2.24) is 24.8 Å². The Balaban J connectivity index is 1.84. The van der Waals surface area contributed by atoms with Crippen LogP contribution in [0, 0.1) is 0 Å². The summed E-state index contributed by atoms with van der Waals surface area (Å²) in [4.78, 5) is 47.7. The number of hydrogen-bond acceptors (Lipinski definition) is 7. The number of aromatic hydroxyl groups is 1. The van der Waals surface area contributed by atoms with Crippen molar-refractivity contribution in [2.45, 2.75) is 0 Å². The number of hydrogen-bond donors (Lipinski definition) is 2. The van der Waals surface area contributed by atoms with E-state index in [-0.39, 0.29) is 22.8 Å². The van der Waals surface area contributed by atoms with Gasteiger partial charge in [-0.1, -0.05) is 6.07 Å². The summed E-state index contributed by atoms with van der Waals surface area (Å²) in [5.74, 6) is -1.41. The van der Waals surface area contributed by atoms with Gasteiger partial charge in [-0.3, -0.25) is 19.0 Å². The number of amides is 1. The Labute approximate surface area is 178 Å². The van der Waals surface area contributed by atoms with E-state index in [2.05, 4.69) is 15.3 Å². The zero-order valence-electron chi connectivity index (χ0n) is 17.5. The molecule has 160 valence electrons. The maximum atomic E-state index is 12.7. The molecule has 3 aromatic heterocycles. The summed E-state index contributed by atoms with van der Waals surface area (Å²) in [7, 11) is 5.30. The van der Waals surface area contributed by atoms with Crippen molar-refractivity contribution in [2.24, 2.45) is 7.05 Å². The van der Waals surface area contributed by atoms with Crippen LogP contribution in [-0.4, -0.2) is 63.4 Å². The fourth-order valence-electron chi connectivity index (χ4n) is 2.97. The fourth-order valence-corrected chi connectivity index (χ4v) is 2.97. The molecule has 3 aromatic rings. The number of fused-ring (bicyclic) bond motifs is 1. The van der Waals surface area contributed by atoms with E-state index in [1.54, 1.807) is 30.3 Å². The molecule has 31 heavy (non-hydrogen) atoms. The molecule has 3 rings (SSSR count). The molecule has 9 heteroatoms. The van der Waals surface area contributed by atoms with Gasteiger partial charge < -0.3 is 15.3 Å². The van der Waals surface area contributed by atoms with Crippen LogP contribution >= 0.6 is 0 Å². The fraction of sp³-hybridized carbons (Fsp3) is 0.227. The molecule has 0 aliphatic heterocycles. The summed E-state index contributed by atoms with van der Waals surface area (Å²) in [6.45, 7) is 1.17. The SMILES string of the molecule is CN(C)CCNC(=O)c1cccc(C=CC(=O)c2c(O)c3cccnc3n(C)c2=O)n1. The van der Waals surface area contributed by atoms with Gasteiger partial charge in [0.15, 0.2) is 5.78 Å². The van der Waals surface area contributed by atoms with Crippen molar-refractivity contribution in [3.8, 4) is 5.75 Å². The van der Waals surface area contributed by atoms with Crippen molar-refractivity contribution in [1.29, 1.82) is 0 Å². The Kier molecular flexibility index (Phi) is 6.56. The highest BCUT2D eigenvalue weighted by Gasteiger charge is 2.19. The first-order valence-corrected chi connectivity index (χ1v) is 9.58. The number of rotatable bonds is 7. The standard InChI is InChI=1S/C22H23N5O4/c1-26(2)13-12-24-21(30)16-8-4-6-14(25-16)9-10-17(28)18-19(29)15-7-5-11-23-20(15)27(3)22(18)31/h4-11,29H,12-13H2,1-3H3,(H,24,30). The highest BCUT2D eigenvalue weighted by Crippen LogP contribution is 2.25. The summed E-state index contributed by atoms with van der Waals surface area (Å²) in [6, 6.07) is 8.04. The van der Waals surface area contributed by atoms with Crippen LogP contribution in [-0.2, 0) is 7.05 Å². The van der Waals surface area contributed by atoms with Crippen LogP contribution in [0.3, 0.4) is 0 Å². The summed E-state index contributed by atoms with van der Waals surface area (Å²) in [5, 5.41) is 13.6. The molecule has 0 aliphatic carbocycles. The van der Waals surface area contributed by atoms with Crippen molar-refractivity contribution < 1.29 is 14.7 Å². The first-order chi connectivity index (χ1) is 14.8. The summed E-state index contributed by atoms with van der Waals surface area (Å²) in [6.07, 6.45) is 4.04. The third-order valence-corrected chi connectivity index (χ3v) is 4.61. The zero-order valence-corrected chi connectivity index (χ0v) is 17.5. The number of likely N-dealkylation sites (N-methyl/N-ethyl adjacent to an activating group) is 1. The number of ketones is 1. The van der Waals surface area contributed by atoms with Gasteiger partial charge in [0.1, 0.15) is 22.7 Å². The third-order valence-electron chi connectivity index (χ3n) is 4.61. The van der Waals surface area contributed by atoms with Gasteiger partial charge >= 0.3 is 0 Å². The van der Waals surface area contributed by atoms with Crippen LogP contribution in [0.15, 0.2) is 47.4 Å². The zero-order chi connectivity index (χ0) is 22.5. The molecule has 0 aliphatic rings. The average Bonchev–Trinajstić information content (AvgIpc) is 2.76. The Morgan fingerprint density at radius 1 is 1.23 bits per heavy atom. The predicted octanol–water partition coefficient (Wildman–Crippen LogP) is 1.22. The maximum Gasteiger partial charge on any atom is 0.269 e.